The minimum absolute atomic E-state index is 0.303. The Morgan fingerprint density at radius 1 is 1.15 bits per heavy atom. The van der Waals surface area contributed by atoms with E-state index >= 15 is 0 Å². The highest BCUT2D eigenvalue weighted by Gasteiger charge is 2.18. The quantitative estimate of drug-likeness (QED) is 0.582. The summed E-state index contributed by atoms with van der Waals surface area (Å²) in [7, 11) is 0. The minimum atomic E-state index is -0.303. The number of benzene rings is 2. The summed E-state index contributed by atoms with van der Waals surface area (Å²) in [4.78, 5) is 0. The maximum absolute atomic E-state index is 14.2. The third-order valence-corrected chi connectivity index (χ3v) is 4.84. The number of nitriles is 1. The summed E-state index contributed by atoms with van der Waals surface area (Å²) in [5, 5.41) is 18.3. The van der Waals surface area contributed by atoms with Gasteiger partial charge < -0.3 is 4.57 Å². The van der Waals surface area contributed by atoms with E-state index in [9.17, 15) is 4.39 Å². The van der Waals surface area contributed by atoms with Crippen molar-refractivity contribution in [2.24, 2.45) is 5.92 Å². The summed E-state index contributed by atoms with van der Waals surface area (Å²) in [6, 6.07) is 16.3. The lowest BCUT2D eigenvalue weighted by Gasteiger charge is -2.13. The van der Waals surface area contributed by atoms with E-state index in [1.165, 1.54) is 6.07 Å². The van der Waals surface area contributed by atoms with Crippen LogP contribution in [0.3, 0.4) is 0 Å². The summed E-state index contributed by atoms with van der Waals surface area (Å²) in [5.41, 5.74) is 2.14. The first-order valence-electron chi connectivity index (χ1n) is 8.38. The van der Waals surface area contributed by atoms with Crippen molar-refractivity contribution < 1.29 is 4.39 Å². The second kappa shape index (κ2) is 8.15. The van der Waals surface area contributed by atoms with Gasteiger partial charge >= 0.3 is 0 Å². The second-order valence-electron chi connectivity index (χ2n) is 6.39. The average Bonchev–Trinajstić information content (AvgIpc) is 3.02. The summed E-state index contributed by atoms with van der Waals surface area (Å²) in [6.07, 6.45) is 0. The largest absolute Gasteiger partial charge is 0.302 e. The zero-order valence-electron chi connectivity index (χ0n) is 14.7. The Kier molecular flexibility index (Phi) is 5.69. The van der Waals surface area contributed by atoms with Crippen LogP contribution in [0.2, 0.25) is 0 Å². The molecule has 0 atom stereocenters. The smallest absolute Gasteiger partial charge is 0.191 e. The highest BCUT2D eigenvalue weighted by Crippen LogP contribution is 2.28. The van der Waals surface area contributed by atoms with Crippen LogP contribution in [0.4, 0.5) is 4.39 Å². The van der Waals surface area contributed by atoms with Crippen molar-refractivity contribution in [1.82, 2.24) is 14.8 Å². The third-order valence-electron chi connectivity index (χ3n) is 3.80. The van der Waals surface area contributed by atoms with Crippen molar-refractivity contribution in [3.05, 3.63) is 65.5 Å². The fourth-order valence-electron chi connectivity index (χ4n) is 2.65. The molecule has 0 bridgehead atoms. The van der Waals surface area contributed by atoms with Gasteiger partial charge in [-0.1, -0.05) is 49.9 Å². The highest BCUT2D eigenvalue weighted by atomic mass is 32.2. The van der Waals surface area contributed by atoms with E-state index < -0.39 is 0 Å². The molecule has 0 aliphatic carbocycles. The van der Waals surface area contributed by atoms with Crippen molar-refractivity contribution in [2.45, 2.75) is 31.3 Å². The molecule has 6 heteroatoms. The molecule has 0 amide bonds. The first-order chi connectivity index (χ1) is 12.6. The van der Waals surface area contributed by atoms with Crippen molar-refractivity contribution in [3.8, 4) is 17.5 Å². The Morgan fingerprint density at radius 3 is 2.69 bits per heavy atom. The van der Waals surface area contributed by atoms with Gasteiger partial charge in [0.05, 0.1) is 17.2 Å². The summed E-state index contributed by atoms with van der Waals surface area (Å²) < 4.78 is 16.2. The maximum Gasteiger partial charge on any atom is 0.191 e. The van der Waals surface area contributed by atoms with Crippen LogP contribution in [-0.2, 0) is 12.3 Å². The molecule has 1 aromatic heterocycles. The maximum atomic E-state index is 14.2. The normalized spacial score (nSPS) is 10.9. The van der Waals surface area contributed by atoms with E-state index in [0.717, 1.165) is 10.7 Å². The van der Waals surface area contributed by atoms with Gasteiger partial charge in [0.25, 0.3) is 0 Å². The highest BCUT2D eigenvalue weighted by molar-refractivity contribution is 7.98. The van der Waals surface area contributed by atoms with Gasteiger partial charge in [0.2, 0.25) is 0 Å². The molecule has 0 spiro atoms. The van der Waals surface area contributed by atoms with Gasteiger partial charge in [0.15, 0.2) is 11.0 Å². The standard InChI is InChI=1S/C20H19FN4S/c1-14(2)12-25-19(17-8-3-4-9-18(17)21)23-24-20(25)26-13-16-7-5-6-15(10-16)11-22/h3-10,14H,12-13H2,1-2H3. The van der Waals surface area contributed by atoms with Crippen molar-refractivity contribution in [2.75, 3.05) is 0 Å². The summed E-state index contributed by atoms with van der Waals surface area (Å²) in [5.74, 6) is 1.29. The fraction of sp³-hybridized carbons (Fsp3) is 0.250. The number of hydrogen-bond donors (Lipinski definition) is 0. The molecule has 0 aliphatic heterocycles. The lowest BCUT2D eigenvalue weighted by molar-refractivity contribution is 0.496. The van der Waals surface area contributed by atoms with Gasteiger partial charge in [-0.05, 0) is 35.7 Å². The van der Waals surface area contributed by atoms with Gasteiger partial charge in [-0.15, -0.1) is 10.2 Å². The van der Waals surface area contributed by atoms with Crippen LogP contribution in [0.25, 0.3) is 11.4 Å². The molecule has 0 fully saturated rings. The van der Waals surface area contributed by atoms with Crippen LogP contribution in [0, 0.1) is 23.1 Å². The zero-order chi connectivity index (χ0) is 18.5. The van der Waals surface area contributed by atoms with Crippen molar-refractivity contribution in [1.29, 1.82) is 5.26 Å². The van der Waals surface area contributed by atoms with Crippen molar-refractivity contribution in [3.63, 3.8) is 0 Å². The molecule has 0 saturated heterocycles. The first-order valence-corrected chi connectivity index (χ1v) is 9.37. The van der Waals surface area contributed by atoms with Crippen LogP contribution in [0.1, 0.15) is 25.0 Å². The molecule has 132 valence electrons. The molecule has 0 saturated carbocycles. The molecule has 26 heavy (non-hydrogen) atoms. The van der Waals surface area contributed by atoms with Crippen LogP contribution < -0.4 is 0 Å². The topological polar surface area (TPSA) is 54.5 Å². The summed E-state index contributed by atoms with van der Waals surface area (Å²) >= 11 is 1.54. The van der Waals surface area contributed by atoms with Gasteiger partial charge in [-0.25, -0.2) is 4.39 Å². The fourth-order valence-corrected chi connectivity index (χ4v) is 3.54. The van der Waals surface area contributed by atoms with Crippen LogP contribution in [0.15, 0.2) is 53.7 Å². The number of halogens is 1. The zero-order valence-corrected chi connectivity index (χ0v) is 15.5. The first kappa shape index (κ1) is 18.2. The number of aromatic nitrogens is 3. The molecule has 0 N–H and O–H groups in total. The van der Waals surface area contributed by atoms with Crippen LogP contribution in [-0.4, -0.2) is 14.8 Å². The number of rotatable bonds is 6. The van der Waals surface area contributed by atoms with Gasteiger partial charge in [-0.3, -0.25) is 0 Å². The van der Waals surface area contributed by atoms with Crippen LogP contribution in [0.5, 0.6) is 0 Å². The molecule has 0 aliphatic rings. The monoisotopic (exact) mass is 366 g/mol. The Labute approximate surface area is 156 Å². The molecule has 3 aromatic rings. The lowest BCUT2D eigenvalue weighted by Crippen LogP contribution is -2.08. The predicted molar refractivity (Wildman–Crippen MR) is 101 cm³/mol. The molecule has 0 unspecified atom stereocenters. The minimum Gasteiger partial charge on any atom is -0.302 e. The Morgan fingerprint density at radius 2 is 1.96 bits per heavy atom. The predicted octanol–water partition coefficient (Wildman–Crippen LogP) is 4.90. The molecule has 3 rings (SSSR count). The van der Waals surface area contributed by atoms with E-state index in [2.05, 4.69) is 30.1 Å². The molecule has 0 radical (unpaired) electrons. The molecule has 2 aromatic carbocycles. The summed E-state index contributed by atoms with van der Waals surface area (Å²) in [6.45, 7) is 4.92. The Hall–Kier alpha value is -2.65. The number of thioether (sulfide) groups is 1. The lowest BCUT2D eigenvalue weighted by atomic mass is 10.2. The second-order valence-corrected chi connectivity index (χ2v) is 7.33. The average molecular weight is 366 g/mol. The molecule has 1 heterocycles. The van der Waals surface area contributed by atoms with Crippen molar-refractivity contribution >= 4 is 11.8 Å². The SMILES string of the molecule is CC(C)Cn1c(SCc2cccc(C#N)c2)nnc1-c1ccccc1F. The third kappa shape index (κ3) is 4.12. The molecular formula is C20H19FN4S. The van der Waals surface area contributed by atoms with E-state index in [4.69, 9.17) is 5.26 Å². The van der Waals surface area contributed by atoms with Gasteiger partial charge in [0.1, 0.15) is 5.82 Å². The Bertz CT molecular complexity index is 943. The van der Waals surface area contributed by atoms with E-state index in [1.807, 2.05) is 22.8 Å². The number of hydrogen-bond acceptors (Lipinski definition) is 4. The molecular weight excluding hydrogens is 347 g/mol. The van der Waals surface area contributed by atoms with E-state index in [1.54, 1.807) is 36.0 Å². The van der Waals surface area contributed by atoms with Crippen LogP contribution >= 0.6 is 11.8 Å². The van der Waals surface area contributed by atoms with Gasteiger partial charge in [-0.2, -0.15) is 5.26 Å². The van der Waals surface area contributed by atoms with E-state index in [0.29, 0.717) is 35.2 Å². The van der Waals surface area contributed by atoms with E-state index in [-0.39, 0.29) is 5.82 Å². The number of nitrogens with zero attached hydrogens (tertiary/aromatic N) is 4. The van der Waals surface area contributed by atoms with Gasteiger partial charge in [0, 0.05) is 12.3 Å². The molecule has 4 nitrogen and oxygen atoms in total. The Balaban J connectivity index is 1.89.